The number of hydrogen-bond donors (Lipinski definition) is 2. The third kappa shape index (κ3) is 4.72. The van der Waals surface area contributed by atoms with Crippen LogP contribution in [0.15, 0.2) is 35.2 Å². The number of rotatable bonds is 5. The Kier molecular flexibility index (Phi) is 6.40. The lowest BCUT2D eigenvalue weighted by Gasteiger charge is -2.32. The Balaban J connectivity index is 1.55. The third-order valence-electron chi connectivity index (χ3n) is 5.98. The molecule has 0 radical (unpaired) electrons. The fourth-order valence-corrected chi connectivity index (χ4v) is 5.93. The Morgan fingerprint density at radius 1 is 1.30 bits per heavy atom. The molecule has 4 rings (SSSR count). The summed E-state index contributed by atoms with van der Waals surface area (Å²) in [5.74, 6) is -0.175. The van der Waals surface area contributed by atoms with Crippen molar-refractivity contribution in [3.05, 3.63) is 41.6 Å². The summed E-state index contributed by atoms with van der Waals surface area (Å²) in [4.78, 5) is 29.3. The minimum absolute atomic E-state index is 0.0890. The number of ether oxygens (including phenoxy) is 1. The van der Waals surface area contributed by atoms with Crippen molar-refractivity contribution in [3.8, 4) is 5.75 Å². The van der Waals surface area contributed by atoms with Crippen molar-refractivity contribution >= 4 is 33.3 Å². The molecule has 0 spiro atoms. The molecule has 2 atom stereocenters. The van der Waals surface area contributed by atoms with Gasteiger partial charge in [-0.25, -0.2) is 13.4 Å². The number of piperidine rings is 1. The van der Waals surface area contributed by atoms with E-state index < -0.39 is 22.0 Å². The summed E-state index contributed by atoms with van der Waals surface area (Å²) in [6.45, 7) is 5.77. The van der Waals surface area contributed by atoms with Gasteiger partial charge in [-0.2, -0.15) is 4.31 Å². The lowest BCUT2D eigenvalue weighted by molar-refractivity contribution is -0.123. The molecule has 0 aliphatic carbocycles. The molecule has 3 heterocycles. The average molecular weight is 473 g/mol. The maximum atomic E-state index is 13.5. The van der Waals surface area contributed by atoms with Crippen LogP contribution in [0.1, 0.15) is 37.4 Å². The third-order valence-corrected chi connectivity index (χ3v) is 7.99. The van der Waals surface area contributed by atoms with Gasteiger partial charge in [-0.05, 0) is 56.9 Å². The second-order valence-corrected chi connectivity index (χ2v) is 10.4. The molecule has 2 aliphatic rings. The minimum atomic E-state index is -3.86. The number of aromatic nitrogens is 1. The van der Waals surface area contributed by atoms with E-state index in [1.165, 1.54) is 10.4 Å². The first-order chi connectivity index (χ1) is 15.7. The van der Waals surface area contributed by atoms with Gasteiger partial charge < -0.3 is 15.4 Å². The summed E-state index contributed by atoms with van der Waals surface area (Å²) >= 11 is 0. The first-order valence-electron chi connectivity index (χ1n) is 11.1. The Morgan fingerprint density at radius 3 is 2.82 bits per heavy atom. The van der Waals surface area contributed by atoms with Crippen molar-refractivity contribution in [3.63, 3.8) is 0 Å². The maximum Gasteiger partial charge on any atom is 0.265 e. The molecule has 1 aromatic heterocycles. The van der Waals surface area contributed by atoms with E-state index in [0.717, 1.165) is 5.69 Å². The van der Waals surface area contributed by atoms with E-state index in [2.05, 4.69) is 15.6 Å². The number of anilines is 2. The quantitative estimate of drug-likeness (QED) is 0.691. The lowest BCUT2D eigenvalue weighted by atomic mass is 9.99. The van der Waals surface area contributed by atoms with E-state index in [0.29, 0.717) is 48.6 Å². The molecule has 0 unspecified atom stereocenters. The fourth-order valence-electron chi connectivity index (χ4n) is 4.19. The van der Waals surface area contributed by atoms with Crippen molar-refractivity contribution in [2.75, 3.05) is 23.7 Å². The zero-order chi connectivity index (χ0) is 23.8. The van der Waals surface area contributed by atoms with Crippen LogP contribution in [-0.4, -0.2) is 48.7 Å². The predicted molar refractivity (Wildman–Crippen MR) is 124 cm³/mol. The molecule has 2 aromatic rings. The number of hydrogen-bond acceptors (Lipinski definition) is 6. The molecule has 1 aromatic carbocycles. The summed E-state index contributed by atoms with van der Waals surface area (Å²) in [5, 5.41) is 5.58. The molecule has 2 amide bonds. The molecule has 1 saturated heterocycles. The maximum absolute atomic E-state index is 13.5. The van der Waals surface area contributed by atoms with Crippen molar-refractivity contribution in [1.82, 2.24) is 9.29 Å². The van der Waals surface area contributed by atoms with Gasteiger partial charge in [0.05, 0.1) is 16.5 Å². The topological polar surface area (TPSA) is 118 Å². The van der Waals surface area contributed by atoms with Crippen LogP contribution < -0.4 is 15.4 Å². The highest BCUT2D eigenvalue weighted by Crippen LogP contribution is 2.36. The van der Waals surface area contributed by atoms with Gasteiger partial charge in [0.15, 0.2) is 6.10 Å². The van der Waals surface area contributed by atoms with Crippen LogP contribution in [-0.2, 0) is 19.6 Å². The summed E-state index contributed by atoms with van der Waals surface area (Å²) < 4.78 is 34.1. The number of nitrogens with one attached hydrogen (secondary N) is 2. The molecule has 2 aliphatic heterocycles. The van der Waals surface area contributed by atoms with Gasteiger partial charge in [0, 0.05) is 24.8 Å². The van der Waals surface area contributed by atoms with Gasteiger partial charge in [-0.3, -0.25) is 9.59 Å². The summed E-state index contributed by atoms with van der Waals surface area (Å²) in [5.41, 5.74) is 1.75. The first kappa shape index (κ1) is 23.2. The predicted octanol–water partition coefficient (Wildman–Crippen LogP) is 2.85. The van der Waals surface area contributed by atoms with E-state index in [9.17, 15) is 18.0 Å². The zero-order valence-electron chi connectivity index (χ0n) is 18.9. The van der Waals surface area contributed by atoms with Gasteiger partial charge in [-0.1, -0.05) is 13.0 Å². The highest BCUT2D eigenvalue weighted by Gasteiger charge is 2.36. The molecular weight excluding hydrogens is 444 g/mol. The van der Waals surface area contributed by atoms with Gasteiger partial charge >= 0.3 is 0 Å². The number of fused-ring (bicyclic) bond motifs is 1. The van der Waals surface area contributed by atoms with Gasteiger partial charge in [0.1, 0.15) is 11.6 Å². The largest absolute Gasteiger partial charge is 0.478 e. The molecule has 9 nitrogen and oxygen atoms in total. The van der Waals surface area contributed by atoms with Crippen LogP contribution in [0.25, 0.3) is 0 Å². The second kappa shape index (κ2) is 9.11. The van der Waals surface area contributed by atoms with E-state index >= 15 is 0 Å². The van der Waals surface area contributed by atoms with Crippen LogP contribution in [0.4, 0.5) is 11.5 Å². The second-order valence-electron chi connectivity index (χ2n) is 8.47. The number of sulfonamides is 1. The number of benzene rings is 1. The average Bonchev–Trinajstić information content (AvgIpc) is 2.78. The zero-order valence-corrected chi connectivity index (χ0v) is 19.7. The van der Waals surface area contributed by atoms with E-state index in [-0.39, 0.29) is 23.3 Å². The molecule has 176 valence electrons. The molecular formula is C23H28N4O5S. The van der Waals surface area contributed by atoms with Gasteiger partial charge in [-0.15, -0.1) is 0 Å². The van der Waals surface area contributed by atoms with E-state index in [4.69, 9.17) is 4.74 Å². The van der Waals surface area contributed by atoms with E-state index in [1.807, 2.05) is 26.0 Å². The van der Waals surface area contributed by atoms with Crippen LogP contribution in [0.5, 0.6) is 5.75 Å². The number of aryl methyl sites for hydroxylation is 2. The standard InChI is InChI=1S/C23H28N4O5S/c1-4-18-23(29)25-17-11-14(2)20(12-19(17)32-18)33(30,31)27-10-6-8-16(13-27)22(28)26-21-9-5-7-15(3)24-21/h5,7,9,11-12,16,18H,4,6,8,10,13H2,1-3H3,(H,25,29)(H,24,26,28)/t16-,18+/m1/s1. The fraction of sp³-hybridized carbons (Fsp3) is 0.435. The molecule has 10 heteroatoms. The number of carbonyl (C=O) groups excluding carboxylic acids is 2. The normalized spacial score (nSPS) is 21.0. The highest BCUT2D eigenvalue weighted by atomic mass is 32.2. The molecule has 1 fully saturated rings. The van der Waals surface area contributed by atoms with Gasteiger partial charge in [0.25, 0.3) is 5.91 Å². The molecule has 2 N–H and O–H groups in total. The molecule has 0 saturated carbocycles. The van der Waals surface area contributed by atoms with Gasteiger partial charge in [0.2, 0.25) is 15.9 Å². The molecule has 0 bridgehead atoms. The summed E-state index contributed by atoms with van der Waals surface area (Å²) in [7, 11) is -3.86. The van der Waals surface area contributed by atoms with E-state index in [1.54, 1.807) is 19.1 Å². The Morgan fingerprint density at radius 2 is 2.09 bits per heavy atom. The number of pyridine rings is 1. The monoisotopic (exact) mass is 472 g/mol. The number of carbonyl (C=O) groups is 2. The molecule has 33 heavy (non-hydrogen) atoms. The summed E-state index contributed by atoms with van der Waals surface area (Å²) in [6.07, 6.45) is 0.988. The Bertz CT molecular complexity index is 1200. The Hall–Kier alpha value is -2.98. The smallest absolute Gasteiger partial charge is 0.265 e. The SMILES string of the molecule is CC[C@@H]1Oc2cc(S(=O)(=O)N3CCC[C@@H](C(=O)Nc4cccc(C)n4)C3)c(C)cc2NC1=O. The van der Waals surface area contributed by atoms with Crippen LogP contribution in [0, 0.1) is 19.8 Å². The van der Waals surface area contributed by atoms with Crippen molar-refractivity contribution in [2.24, 2.45) is 5.92 Å². The van der Waals surface area contributed by atoms with Crippen molar-refractivity contribution in [2.45, 2.75) is 51.0 Å². The van der Waals surface area contributed by atoms with Crippen molar-refractivity contribution in [1.29, 1.82) is 0 Å². The Labute approximate surface area is 193 Å². The lowest BCUT2D eigenvalue weighted by Crippen LogP contribution is -2.44. The number of amides is 2. The van der Waals surface area contributed by atoms with Crippen LogP contribution >= 0.6 is 0 Å². The van der Waals surface area contributed by atoms with Crippen LogP contribution in [0.3, 0.4) is 0 Å². The number of nitrogens with zero attached hydrogens (tertiary/aromatic N) is 2. The van der Waals surface area contributed by atoms with Crippen LogP contribution in [0.2, 0.25) is 0 Å². The van der Waals surface area contributed by atoms with Crippen molar-refractivity contribution < 1.29 is 22.7 Å². The highest BCUT2D eigenvalue weighted by molar-refractivity contribution is 7.89. The minimum Gasteiger partial charge on any atom is -0.478 e. The first-order valence-corrected chi connectivity index (χ1v) is 12.5. The summed E-state index contributed by atoms with van der Waals surface area (Å²) in [6, 6.07) is 8.44.